The van der Waals surface area contributed by atoms with E-state index in [1.54, 1.807) is 25.2 Å². The summed E-state index contributed by atoms with van der Waals surface area (Å²) in [6.45, 7) is 6.39. The van der Waals surface area contributed by atoms with Gasteiger partial charge >= 0.3 is 5.76 Å². The summed E-state index contributed by atoms with van der Waals surface area (Å²) in [5.41, 5.74) is 3.56. The summed E-state index contributed by atoms with van der Waals surface area (Å²) in [5, 5.41) is 2.85. The van der Waals surface area contributed by atoms with Gasteiger partial charge in [-0.1, -0.05) is 32.9 Å². The van der Waals surface area contributed by atoms with Crippen LogP contribution in [0, 0.1) is 0 Å². The second-order valence-corrected chi connectivity index (χ2v) is 6.89. The fourth-order valence-electron chi connectivity index (χ4n) is 2.53. The number of carbonyl (C=O) groups is 1. The molecule has 0 aliphatic carbocycles. The smallest absolute Gasteiger partial charge is 0.408 e. The van der Waals surface area contributed by atoms with E-state index >= 15 is 0 Å². The Kier molecular flexibility index (Phi) is 3.79. The van der Waals surface area contributed by atoms with Gasteiger partial charge in [-0.05, 0) is 41.3 Å². The summed E-state index contributed by atoms with van der Waals surface area (Å²) in [6.07, 6.45) is 0. The molecule has 1 heterocycles. The Balaban J connectivity index is 1.84. The predicted octanol–water partition coefficient (Wildman–Crippen LogP) is 3.68. The molecular weight excluding hydrogens is 304 g/mol. The Hall–Kier alpha value is -2.82. The molecule has 0 radical (unpaired) electrons. The largest absolute Gasteiger partial charge is 0.419 e. The van der Waals surface area contributed by atoms with E-state index in [0.29, 0.717) is 22.4 Å². The van der Waals surface area contributed by atoms with Gasteiger partial charge < -0.3 is 9.73 Å². The Labute approximate surface area is 139 Å². The molecule has 2 aromatic carbocycles. The molecule has 1 N–H and O–H groups in total. The fourth-order valence-corrected chi connectivity index (χ4v) is 2.53. The number of hydrogen-bond donors (Lipinski definition) is 1. The van der Waals surface area contributed by atoms with E-state index in [1.807, 2.05) is 24.3 Å². The highest BCUT2D eigenvalue weighted by atomic mass is 16.4. The molecule has 1 aromatic heterocycles. The van der Waals surface area contributed by atoms with Gasteiger partial charge in [-0.15, -0.1) is 0 Å². The minimum atomic E-state index is -0.425. The van der Waals surface area contributed by atoms with Crippen molar-refractivity contribution in [2.24, 2.45) is 7.05 Å². The highest BCUT2D eigenvalue weighted by molar-refractivity contribution is 6.04. The summed E-state index contributed by atoms with van der Waals surface area (Å²) >= 11 is 0. The molecule has 5 nitrogen and oxygen atoms in total. The van der Waals surface area contributed by atoms with E-state index in [9.17, 15) is 9.59 Å². The molecule has 24 heavy (non-hydrogen) atoms. The lowest BCUT2D eigenvalue weighted by atomic mass is 9.87. The Bertz CT molecular complexity index is 957. The van der Waals surface area contributed by atoms with Crippen molar-refractivity contribution >= 4 is 22.7 Å². The number of nitrogens with zero attached hydrogens (tertiary/aromatic N) is 1. The molecule has 0 aliphatic heterocycles. The normalized spacial score (nSPS) is 11.7. The maximum Gasteiger partial charge on any atom is 0.419 e. The molecule has 0 atom stereocenters. The minimum absolute atomic E-state index is 0.0477. The van der Waals surface area contributed by atoms with E-state index in [4.69, 9.17) is 4.42 Å². The monoisotopic (exact) mass is 324 g/mol. The van der Waals surface area contributed by atoms with Gasteiger partial charge in [0.05, 0.1) is 5.52 Å². The lowest BCUT2D eigenvalue weighted by Crippen LogP contribution is -2.14. The number of anilines is 1. The molecular formula is C19H20N2O3. The van der Waals surface area contributed by atoms with Crippen LogP contribution in [0.25, 0.3) is 11.1 Å². The first-order valence-corrected chi connectivity index (χ1v) is 7.77. The van der Waals surface area contributed by atoms with Gasteiger partial charge in [0.1, 0.15) is 0 Å². The molecule has 5 heteroatoms. The average molecular weight is 324 g/mol. The SMILES string of the molecule is Cn1c(=O)oc2ccc(NC(=O)c3ccc(C(C)(C)C)cc3)cc21. The van der Waals surface area contributed by atoms with Gasteiger partial charge in [0, 0.05) is 18.3 Å². The molecule has 0 spiro atoms. The first kappa shape index (κ1) is 16.1. The molecule has 0 fully saturated rings. The van der Waals surface area contributed by atoms with Crippen LogP contribution in [-0.4, -0.2) is 10.5 Å². The fraction of sp³-hybridized carbons (Fsp3) is 0.263. The van der Waals surface area contributed by atoms with Crippen molar-refractivity contribution in [3.8, 4) is 0 Å². The predicted molar refractivity (Wildman–Crippen MR) is 94.6 cm³/mol. The number of benzene rings is 2. The van der Waals surface area contributed by atoms with E-state index in [1.165, 1.54) is 10.1 Å². The van der Waals surface area contributed by atoms with E-state index in [0.717, 1.165) is 0 Å². The highest BCUT2D eigenvalue weighted by Gasteiger charge is 2.15. The summed E-state index contributed by atoms with van der Waals surface area (Å²) < 4.78 is 6.49. The third-order valence-electron chi connectivity index (χ3n) is 4.06. The molecule has 1 amide bonds. The van der Waals surface area contributed by atoms with Gasteiger partial charge in [-0.3, -0.25) is 9.36 Å². The van der Waals surface area contributed by atoms with Crippen molar-refractivity contribution < 1.29 is 9.21 Å². The maximum absolute atomic E-state index is 12.4. The lowest BCUT2D eigenvalue weighted by molar-refractivity contribution is 0.102. The van der Waals surface area contributed by atoms with Crippen LogP contribution >= 0.6 is 0 Å². The van der Waals surface area contributed by atoms with Gasteiger partial charge in [-0.2, -0.15) is 0 Å². The molecule has 0 unspecified atom stereocenters. The minimum Gasteiger partial charge on any atom is -0.408 e. The second kappa shape index (κ2) is 5.67. The zero-order valence-electron chi connectivity index (χ0n) is 14.2. The van der Waals surface area contributed by atoms with Crippen LogP contribution < -0.4 is 11.1 Å². The third kappa shape index (κ3) is 2.97. The number of oxazole rings is 1. The zero-order chi connectivity index (χ0) is 17.5. The molecule has 0 saturated carbocycles. The highest BCUT2D eigenvalue weighted by Crippen LogP contribution is 2.23. The molecule has 0 bridgehead atoms. The van der Waals surface area contributed by atoms with Crippen molar-refractivity contribution in [1.29, 1.82) is 0 Å². The number of rotatable bonds is 2. The van der Waals surface area contributed by atoms with Gasteiger partial charge in [0.2, 0.25) is 0 Å². The number of carbonyl (C=O) groups excluding carboxylic acids is 1. The van der Waals surface area contributed by atoms with Crippen LogP contribution in [0.5, 0.6) is 0 Å². The van der Waals surface area contributed by atoms with Gasteiger partial charge in [0.15, 0.2) is 5.58 Å². The van der Waals surface area contributed by atoms with E-state index in [-0.39, 0.29) is 11.3 Å². The quantitative estimate of drug-likeness (QED) is 0.782. The molecule has 3 aromatic rings. The molecule has 0 aliphatic rings. The van der Waals surface area contributed by atoms with Crippen LogP contribution in [-0.2, 0) is 12.5 Å². The van der Waals surface area contributed by atoms with Crippen molar-refractivity contribution in [2.75, 3.05) is 5.32 Å². The Morgan fingerprint density at radius 1 is 1.08 bits per heavy atom. The lowest BCUT2D eigenvalue weighted by Gasteiger charge is -2.19. The number of fused-ring (bicyclic) bond motifs is 1. The average Bonchev–Trinajstić information content (AvgIpc) is 2.81. The van der Waals surface area contributed by atoms with Crippen molar-refractivity contribution in [3.63, 3.8) is 0 Å². The van der Waals surface area contributed by atoms with Crippen molar-refractivity contribution in [2.45, 2.75) is 26.2 Å². The second-order valence-electron chi connectivity index (χ2n) is 6.89. The van der Waals surface area contributed by atoms with Gasteiger partial charge in [0.25, 0.3) is 5.91 Å². The van der Waals surface area contributed by atoms with Crippen LogP contribution in [0.3, 0.4) is 0 Å². The first-order valence-electron chi connectivity index (χ1n) is 7.77. The van der Waals surface area contributed by atoms with Crippen molar-refractivity contribution in [3.05, 3.63) is 64.1 Å². The van der Waals surface area contributed by atoms with Crippen LogP contribution in [0.2, 0.25) is 0 Å². The zero-order valence-corrected chi connectivity index (χ0v) is 14.2. The summed E-state index contributed by atoms with van der Waals surface area (Å²) in [6, 6.07) is 12.7. The summed E-state index contributed by atoms with van der Waals surface area (Å²) in [4.78, 5) is 23.9. The standard InChI is InChI=1S/C19H20N2O3/c1-19(2,3)13-7-5-12(6-8-13)17(22)20-14-9-10-16-15(11-14)21(4)18(23)24-16/h5-11H,1-4H3,(H,20,22). The Morgan fingerprint density at radius 2 is 1.75 bits per heavy atom. The maximum atomic E-state index is 12.4. The Morgan fingerprint density at radius 3 is 2.38 bits per heavy atom. The van der Waals surface area contributed by atoms with E-state index in [2.05, 4.69) is 26.1 Å². The summed E-state index contributed by atoms with van der Waals surface area (Å²) in [5.74, 6) is -0.616. The van der Waals surface area contributed by atoms with Crippen LogP contribution in [0.15, 0.2) is 51.7 Å². The topological polar surface area (TPSA) is 64.2 Å². The number of hydrogen-bond acceptors (Lipinski definition) is 3. The van der Waals surface area contributed by atoms with Crippen molar-refractivity contribution in [1.82, 2.24) is 4.57 Å². The van der Waals surface area contributed by atoms with Gasteiger partial charge in [-0.25, -0.2) is 4.79 Å². The number of aryl methyl sites for hydroxylation is 1. The number of amides is 1. The first-order chi connectivity index (χ1) is 11.3. The number of aromatic nitrogens is 1. The molecule has 3 rings (SSSR count). The van der Waals surface area contributed by atoms with E-state index < -0.39 is 5.76 Å². The molecule has 0 saturated heterocycles. The van der Waals surface area contributed by atoms with Crippen LogP contribution in [0.4, 0.5) is 5.69 Å². The molecule has 124 valence electrons. The third-order valence-corrected chi connectivity index (χ3v) is 4.06. The van der Waals surface area contributed by atoms with Crippen LogP contribution in [0.1, 0.15) is 36.7 Å². The summed E-state index contributed by atoms with van der Waals surface area (Å²) in [7, 11) is 1.63. The number of nitrogens with one attached hydrogen (secondary N) is 1.